The molecule has 3 heteroatoms. The van der Waals surface area contributed by atoms with Gasteiger partial charge in [-0.1, -0.05) is 46.0 Å². The fourth-order valence-corrected chi connectivity index (χ4v) is 4.50. The van der Waals surface area contributed by atoms with Crippen LogP contribution in [0.5, 0.6) is 0 Å². The lowest BCUT2D eigenvalue weighted by Gasteiger charge is -2.37. The van der Waals surface area contributed by atoms with Crippen LogP contribution in [0.4, 0.5) is 4.79 Å². The van der Waals surface area contributed by atoms with Gasteiger partial charge in [0.25, 0.3) is 0 Å². The predicted octanol–water partition coefficient (Wildman–Crippen LogP) is 6.11. The second-order valence-electron chi connectivity index (χ2n) is 7.68. The second kappa shape index (κ2) is 10.2. The number of rotatable bonds is 7. The summed E-state index contributed by atoms with van der Waals surface area (Å²) in [6, 6.07) is 0. The van der Waals surface area contributed by atoms with Crippen LogP contribution >= 0.6 is 0 Å². The summed E-state index contributed by atoms with van der Waals surface area (Å²) >= 11 is 0. The summed E-state index contributed by atoms with van der Waals surface area (Å²) in [6.07, 6.45) is 14.6. The Morgan fingerprint density at radius 1 is 0.870 bits per heavy atom. The Bertz CT molecular complexity index is 326. The minimum absolute atomic E-state index is 0.0943. The highest BCUT2D eigenvalue weighted by Gasteiger charge is 2.31. The molecule has 0 aromatic carbocycles. The Labute approximate surface area is 142 Å². The molecule has 2 aliphatic carbocycles. The van der Waals surface area contributed by atoms with Gasteiger partial charge >= 0.3 is 6.16 Å². The number of hydrogen-bond donors (Lipinski definition) is 0. The number of hydrogen-bond acceptors (Lipinski definition) is 3. The summed E-state index contributed by atoms with van der Waals surface area (Å²) in [5.41, 5.74) is 0. The van der Waals surface area contributed by atoms with Crippen LogP contribution in [0.25, 0.3) is 0 Å². The van der Waals surface area contributed by atoms with Crippen molar-refractivity contribution >= 4 is 6.16 Å². The van der Waals surface area contributed by atoms with Crippen LogP contribution in [0.3, 0.4) is 0 Å². The third-order valence-electron chi connectivity index (χ3n) is 5.95. The van der Waals surface area contributed by atoms with E-state index >= 15 is 0 Å². The lowest BCUT2D eigenvalue weighted by atomic mass is 9.70. The average Bonchev–Trinajstić information content (AvgIpc) is 2.57. The van der Waals surface area contributed by atoms with Crippen LogP contribution in [0, 0.1) is 17.8 Å². The van der Waals surface area contributed by atoms with Crippen molar-refractivity contribution in [1.82, 2.24) is 0 Å². The molecule has 0 saturated heterocycles. The Kier molecular flexibility index (Phi) is 8.25. The summed E-state index contributed by atoms with van der Waals surface area (Å²) in [5, 5.41) is 0. The van der Waals surface area contributed by atoms with E-state index in [0.717, 1.165) is 43.4 Å². The van der Waals surface area contributed by atoms with Gasteiger partial charge in [0, 0.05) is 0 Å². The van der Waals surface area contributed by atoms with Crippen LogP contribution in [-0.4, -0.2) is 18.9 Å². The van der Waals surface area contributed by atoms with Crippen molar-refractivity contribution in [3.8, 4) is 0 Å². The highest BCUT2D eigenvalue weighted by atomic mass is 16.7. The first kappa shape index (κ1) is 18.6. The molecule has 0 unspecified atom stereocenters. The fraction of sp³-hybridized carbons (Fsp3) is 0.950. The van der Waals surface area contributed by atoms with Gasteiger partial charge in [-0.05, 0) is 62.7 Å². The van der Waals surface area contributed by atoms with Crippen molar-refractivity contribution in [2.75, 3.05) is 6.61 Å². The van der Waals surface area contributed by atoms with E-state index in [2.05, 4.69) is 13.8 Å². The maximum absolute atomic E-state index is 11.6. The highest BCUT2D eigenvalue weighted by Crippen LogP contribution is 2.41. The summed E-state index contributed by atoms with van der Waals surface area (Å²) in [5.74, 6) is 2.79. The Morgan fingerprint density at radius 2 is 1.48 bits per heavy atom. The lowest BCUT2D eigenvalue weighted by Crippen LogP contribution is -2.30. The number of carbonyl (C=O) groups is 1. The molecule has 2 rings (SSSR count). The average molecular weight is 325 g/mol. The van der Waals surface area contributed by atoms with E-state index in [0.29, 0.717) is 6.61 Å². The summed E-state index contributed by atoms with van der Waals surface area (Å²) < 4.78 is 10.6. The molecule has 0 aliphatic heterocycles. The Balaban J connectivity index is 1.61. The van der Waals surface area contributed by atoms with E-state index in [1.165, 1.54) is 51.4 Å². The largest absolute Gasteiger partial charge is 0.508 e. The van der Waals surface area contributed by atoms with Crippen molar-refractivity contribution in [2.24, 2.45) is 17.8 Å². The van der Waals surface area contributed by atoms with Crippen molar-refractivity contribution in [3.63, 3.8) is 0 Å². The first-order valence-corrected chi connectivity index (χ1v) is 10.1. The van der Waals surface area contributed by atoms with Crippen LogP contribution < -0.4 is 0 Å². The molecule has 23 heavy (non-hydrogen) atoms. The zero-order chi connectivity index (χ0) is 16.5. The number of unbranched alkanes of at least 4 members (excludes halogenated alkanes) is 1. The predicted molar refractivity (Wildman–Crippen MR) is 93.4 cm³/mol. The van der Waals surface area contributed by atoms with Crippen LogP contribution in [-0.2, 0) is 9.47 Å². The molecule has 2 saturated carbocycles. The molecule has 0 radical (unpaired) electrons. The first-order chi connectivity index (χ1) is 11.2. The summed E-state index contributed by atoms with van der Waals surface area (Å²) in [7, 11) is 0. The molecule has 0 atom stereocenters. The molecule has 0 heterocycles. The molecule has 2 aliphatic rings. The second-order valence-corrected chi connectivity index (χ2v) is 7.68. The molecular weight excluding hydrogens is 288 g/mol. The van der Waals surface area contributed by atoms with Gasteiger partial charge < -0.3 is 9.47 Å². The quantitative estimate of drug-likeness (QED) is 0.419. The van der Waals surface area contributed by atoms with Gasteiger partial charge in [-0.3, -0.25) is 0 Å². The monoisotopic (exact) mass is 324 g/mol. The lowest BCUT2D eigenvalue weighted by molar-refractivity contribution is -0.000830. The van der Waals surface area contributed by atoms with Crippen LogP contribution in [0.15, 0.2) is 0 Å². The van der Waals surface area contributed by atoms with Gasteiger partial charge in [0.05, 0.1) is 6.61 Å². The van der Waals surface area contributed by atoms with E-state index in [1.807, 2.05) is 0 Å². The van der Waals surface area contributed by atoms with Crippen molar-refractivity contribution in [2.45, 2.75) is 97.0 Å². The van der Waals surface area contributed by atoms with Crippen molar-refractivity contribution < 1.29 is 14.3 Å². The highest BCUT2D eigenvalue weighted by molar-refractivity contribution is 5.60. The molecule has 0 aromatic heterocycles. The van der Waals surface area contributed by atoms with E-state index in [4.69, 9.17) is 9.47 Å². The molecule has 134 valence electrons. The zero-order valence-corrected chi connectivity index (χ0v) is 15.2. The molecule has 0 amide bonds. The summed E-state index contributed by atoms with van der Waals surface area (Å²) in [4.78, 5) is 11.6. The standard InChI is InChI=1S/C20H36O3/c1-3-5-15-22-20(21)23-19-13-11-18(12-14-19)17-9-7-16(6-4-2)8-10-17/h16-19H,3-15H2,1-2H3. The number of ether oxygens (including phenoxy) is 2. The van der Waals surface area contributed by atoms with Gasteiger partial charge in [-0.15, -0.1) is 0 Å². The molecule has 0 bridgehead atoms. The number of carbonyl (C=O) groups excluding carboxylic acids is 1. The first-order valence-electron chi connectivity index (χ1n) is 10.1. The van der Waals surface area contributed by atoms with Crippen molar-refractivity contribution in [1.29, 1.82) is 0 Å². The van der Waals surface area contributed by atoms with Gasteiger partial charge in [0.1, 0.15) is 6.10 Å². The Hall–Kier alpha value is -0.730. The van der Waals surface area contributed by atoms with E-state index in [1.54, 1.807) is 0 Å². The molecular formula is C20H36O3. The molecule has 0 aromatic rings. The fourth-order valence-electron chi connectivity index (χ4n) is 4.50. The minimum Gasteiger partial charge on any atom is -0.434 e. The van der Waals surface area contributed by atoms with E-state index < -0.39 is 6.16 Å². The molecule has 3 nitrogen and oxygen atoms in total. The topological polar surface area (TPSA) is 35.5 Å². The minimum atomic E-state index is -0.457. The zero-order valence-electron chi connectivity index (χ0n) is 15.2. The van der Waals surface area contributed by atoms with Gasteiger partial charge in [-0.25, -0.2) is 4.79 Å². The van der Waals surface area contributed by atoms with E-state index in [9.17, 15) is 4.79 Å². The SMILES string of the molecule is CCCCOC(=O)OC1CCC(C2CCC(CCC)CC2)CC1. The summed E-state index contributed by atoms with van der Waals surface area (Å²) in [6.45, 7) is 4.89. The normalized spacial score (nSPS) is 31.6. The van der Waals surface area contributed by atoms with Gasteiger partial charge in [0.15, 0.2) is 0 Å². The molecule has 0 N–H and O–H groups in total. The van der Waals surface area contributed by atoms with Gasteiger partial charge in [-0.2, -0.15) is 0 Å². The smallest absolute Gasteiger partial charge is 0.434 e. The third kappa shape index (κ3) is 6.35. The maximum atomic E-state index is 11.6. The maximum Gasteiger partial charge on any atom is 0.508 e. The molecule has 2 fully saturated rings. The third-order valence-corrected chi connectivity index (χ3v) is 5.95. The van der Waals surface area contributed by atoms with Crippen LogP contribution in [0.2, 0.25) is 0 Å². The Morgan fingerprint density at radius 3 is 2.04 bits per heavy atom. The van der Waals surface area contributed by atoms with E-state index in [-0.39, 0.29) is 6.10 Å². The molecule has 0 spiro atoms. The van der Waals surface area contributed by atoms with Gasteiger partial charge in [0.2, 0.25) is 0 Å². The van der Waals surface area contributed by atoms with Crippen LogP contribution in [0.1, 0.15) is 90.9 Å². The van der Waals surface area contributed by atoms with Crippen molar-refractivity contribution in [3.05, 3.63) is 0 Å².